The number of halogens is 2. The van der Waals surface area contributed by atoms with Crippen molar-refractivity contribution in [2.45, 2.75) is 57.1 Å². The molecule has 0 spiro atoms. The summed E-state index contributed by atoms with van der Waals surface area (Å²) in [5, 5.41) is 0. The van der Waals surface area contributed by atoms with Crippen LogP contribution in [0.25, 0.3) is 0 Å². The quantitative estimate of drug-likeness (QED) is 0.627. The molecule has 1 unspecified atom stereocenters. The number of ether oxygens (including phenoxy) is 1. The van der Waals surface area contributed by atoms with Crippen LogP contribution in [0.2, 0.25) is 0 Å². The van der Waals surface area contributed by atoms with Crippen molar-refractivity contribution in [2.24, 2.45) is 5.84 Å². The van der Waals surface area contributed by atoms with E-state index in [-0.39, 0.29) is 11.6 Å². The Morgan fingerprint density at radius 1 is 1.19 bits per heavy atom. The van der Waals surface area contributed by atoms with Gasteiger partial charge in [-0.05, 0) is 43.9 Å². The lowest BCUT2D eigenvalue weighted by molar-refractivity contribution is -0.0898. The molecule has 118 valence electrons. The SMILES string of the molecule is CCOC1(C(Cc2cc(F)cc(F)c2)NN)CCCCC1. The lowest BCUT2D eigenvalue weighted by Gasteiger charge is -2.43. The minimum atomic E-state index is -0.560. The Morgan fingerprint density at radius 3 is 2.33 bits per heavy atom. The minimum Gasteiger partial charge on any atom is -0.374 e. The summed E-state index contributed by atoms with van der Waals surface area (Å²) in [5.41, 5.74) is 3.07. The Kier molecular flexibility index (Phi) is 5.67. The van der Waals surface area contributed by atoms with Crippen molar-refractivity contribution in [3.63, 3.8) is 0 Å². The van der Waals surface area contributed by atoms with Crippen LogP contribution in [-0.2, 0) is 11.2 Å². The molecule has 5 heteroatoms. The monoisotopic (exact) mass is 298 g/mol. The highest BCUT2D eigenvalue weighted by Crippen LogP contribution is 2.35. The molecule has 0 saturated heterocycles. The Balaban J connectivity index is 2.19. The minimum absolute atomic E-state index is 0.154. The van der Waals surface area contributed by atoms with Crippen molar-refractivity contribution in [1.29, 1.82) is 0 Å². The van der Waals surface area contributed by atoms with E-state index in [0.29, 0.717) is 18.6 Å². The fourth-order valence-electron chi connectivity index (χ4n) is 3.39. The molecular formula is C16H24F2N2O. The molecule has 1 aliphatic carbocycles. The van der Waals surface area contributed by atoms with Crippen LogP contribution in [-0.4, -0.2) is 18.2 Å². The number of hydrogen-bond donors (Lipinski definition) is 2. The fourth-order valence-corrected chi connectivity index (χ4v) is 3.39. The molecule has 1 saturated carbocycles. The average molecular weight is 298 g/mol. The first-order chi connectivity index (χ1) is 10.1. The van der Waals surface area contributed by atoms with Crippen molar-refractivity contribution in [2.75, 3.05) is 6.61 Å². The fraction of sp³-hybridized carbons (Fsp3) is 0.625. The van der Waals surface area contributed by atoms with Gasteiger partial charge in [-0.1, -0.05) is 19.3 Å². The first-order valence-corrected chi connectivity index (χ1v) is 7.64. The number of nitrogens with one attached hydrogen (secondary N) is 1. The highest BCUT2D eigenvalue weighted by atomic mass is 19.1. The lowest BCUT2D eigenvalue weighted by atomic mass is 9.77. The molecule has 0 aliphatic heterocycles. The summed E-state index contributed by atoms with van der Waals surface area (Å²) in [6.07, 6.45) is 5.68. The maximum Gasteiger partial charge on any atom is 0.126 e. The predicted octanol–water partition coefficient (Wildman–Crippen LogP) is 3.08. The molecule has 3 nitrogen and oxygen atoms in total. The second-order valence-corrected chi connectivity index (χ2v) is 5.76. The molecule has 1 aliphatic rings. The molecule has 0 bridgehead atoms. The van der Waals surface area contributed by atoms with E-state index >= 15 is 0 Å². The van der Waals surface area contributed by atoms with Gasteiger partial charge in [-0.25, -0.2) is 8.78 Å². The highest BCUT2D eigenvalue weighted by molar-refractivity contribution is 5.20. The third kappa shape index (κ3) is 3.99. The van der Waals surface area contributed by atoms with E-state index in [2.05, 4.69) is 5.43 Å². The molecule has 1 aromatic carbocycles. The van der Waals surface area contributed by atoms with E-state index in [1.807, 2.05) is 6.92 Å². The molecule has 21 heavy (non-hydrogen) atoms. The van der Waals surface area contributed by atoms with Crippen molar-refractivity contribution in [3.05, 3.63) is 35.4 Å². The standard InChI is InChI=1S/C16H24F2N2O/c1-2-21-16(6-4-3-5-7-16)15(20-19)10-12-8-13(17)11-14(18)9-12/h8-9,11,15,20H,2-7,10,19H2,1H3. The molecule has 2 rings (SSSR count). The van der Waals surface area contributed by atoms with E-state index in [0.717, 1.165) is 31.7 Å². The smallest absolute Gasteiger partial charge is 0.126 e. The van der Waals surface area contributed by atoms with Crippen LogP contribution in [0.15, 0.2) is 18.2 Å². The topological polar surface area (TPSA) is 47.3 Å². The molecular weight excluding hydrogens is 274 g/mol. The summed E-state index contributed by atoms with van der Waals surface area (Å²) in [6.45, 7) is 2.57. The number of nitrogens with two attached hydrogens (primary N) is 1. The van der Waals surface area contributed by atoms with Crippen LogP contribution in [0.1, 0.15) is 44.6 Å². The van der Waals surface area contributed by atoms with Gasteiger partial charge in [0.25, 0.3) is 0 Å². The van der Waals surface area contributed by atoms with Gasteiger partial charge in [0.15, 0.2) is 0 Å². The van der Waals surface area contributed by atoms with Crippen molar-refractivity contribution < 1.29 is 13.5 Å². The van der Waals surface area contributed by atoms with E-state index in [4.69, 9.17) is 10.6 Å². The first-order valence-electron chi connectivity index (χ1n) is 7.64. The van der Waals surface area contributed by atoms with Gasteiger partial charge >= 0.3 is 0 Å². The number of hydrogen-bond acceptors (Lipinski definition) is 3. The zero-order valence-electron chi connectivity index (χ0n) is 12.5. The molecule has 3 N–H and O–H groups in total. The maximum atomic E-state index is 13.3. The molecule has 0 radical (unpaired) electrons. The van der Waals surface area contributed by atoms with Gasteiger partial charge < -0.3 is 4.74 Å². The molecule has 0 aromatic heterocycles. The average Bonchev–Trinajstić information content (AvgIpc) is 2.45. The summed E-state index contributed by atoms with van der Waals surface area (Å²) in [4.78, 5) is 0. The predicted molar refractivity (Wildman–Crippen MR) is 78.6 cm³/mol. The summed E-state index contributed by atoms with van der Waals surface area (Å²) in [6, 6.07) is 3.44. The Morgan fingerprint density at radius 2 is 1.81 bits per heavy atom. The number of hydrazine groups is 1. The van der Waals surface area contributed by atoms with Crippen molar-refractivity contribution in [1.82, 2.24) is 5.43 Å². The van der Waals surface area contributed by atoms with Crippen LogP contribution in [0.4, 0.5) is 8.78 Å². The van der Waals surface area contributed by atoms with Gasteiger partial charge in [0.1, 0.15) is 11.6 Å². The van der Waals surface area contributed by atoms with E-state index in [9.17, 15) is 8.78 Å². The number of rotatable bonds is 6. The third-order valence-electron chi connectivity index (χ3n) is 4.33. The Hall–Kier alpha value is -1.04. The molecule has 1 aromatic rings. The van der Waals surface area contributed by atoms with E-state index in [1.165, 1.54) is 18.6 Å². The van der Waals surface area contributed by atoms with Crippen LogP contribution >= 0.6 is 0 Å². The second kappa shape index (κ2) is 7.29. The Labute approximate surface area is 124 Å². The zero-order chi connectivity index (χ0) is 15.3. The van der Waals surface area contributed by atoms with Crippen LogP contribution in [0.3, 0.4) is 0 Å². The normalized spacial score (nSPS) is 19.4. The third-order valence-corrected chi connectivity index (χ3v) is 4.33. The van der Waals surface area contributed by atoms with Gasteiger partial charge in [-0.3, -0.25) is 11.3 Å². The summed E-state index contributed by atoms with van der Waals surface area (Å²) in [7, 11) is 0. The number of benzene rings is 1. The van der Waals surface area contributed by atoms with Crippen LogP contribution in [0, 0.1) is 11.6 Å². The van der Waals surface area contributed by atoms with Gasteiger partial charge in [0, 0.05) is 12.7 Å². The second-order valence-electron chi connectivity index (χ2n) is 5.76. The van der Waals surface area contributed by atoms with Gasteiger partial charge in [-0.2, -0.15) is 0 Å². The first kappa shape index (κ1) is 16.3. The van der Waals surface area contributed by atoms with Crippen molar-refractivity contribution in [3.8, 4) is 0 Å². The molecule has 0 heterocycles. The van der Waals surface area contributed by atoms with Crippen LogP contribution < -0.4 is 11.3 Å². The summed E-state index contributed by atoms with van der Waals surface area (Å²) >= 11 is 0. The summed E-state index contributed by atoms with van der Waals surface area (Å²) in [5.74, 6) is 4.60. The zero-order valence-corrected chi connectivity index (χ0v) is 12.5. The van der Waals surface area contributed by atoms with Crippen molar-refractivity contribution >= 4 is 0 Å². The highest BCUT2D eigenvalue weighted by Gasteiger charge is 2.40. The Bertz CT molecular complexity index is 436. The van der Waals surface area contributed by atoms with E-state index < -0.39 is 11.6 Å². The largest absolute Gasteiger partial charge is 0.374 e. The van der Waals surface area contributed by atoms with Gasteiger partial charge in [0.2, 0.25) is 0 Å². The van der Waals surface area contributed by atoms with Gasteiger partial charge in [-0.15, -0.1) is 0 Å². The molecule has 1 fully saturated rings. The van der Waals surface area contributed by atoms with E-state index in [1.54, 1.807) is 0 Å². The summed E-state index contributed by atoms with van der Waals surface area (Å²) < 4.78 is 32.7. The molecule has 1 atom stereocenters. The molecule has 0 amide bonds. The van der Waals surface area contributed by atoms with Gasteiger partial charge in [0.05, 0.1) is 11.6 Å². The maximum absolute atomic E-state index is 13.3. The lowest BCUT2D eigenvalue weighted by Crippen LogP contribution is -2.57. The van der Waals surface area contributed by atoms with Crippen LogP contribution in [0.5, 0.6) is 0 Å².